The van der Waals surface area contributed by atoms with Gasteiger partial charge in [-0.15, -0.1) is 0 Å². The van der Waals surface area contributed by atoms with E-state index < -0.39 is 0 Å². The molecule has 1 N–H and O–H groups in total. The summed E-state index contributed by atoms with van der Waals surface area (Å²) in [7, 11) is 0. The van der Waals surface area contributed by atoms with Crippen molar-refractivity contribution >= 4 is 0 Å². The molecule has 0 aromatic heterocycles. The highest BCUT2D eigenvalue weighted by Crippen LogP contribution is 2.29. The second kappa shape index (κ2) is 9.15. The third kappa shape index (κ3) is 4.96. The zero-order valence-corrected chi connectivity index (χ0v) is 14.7. The maximum Gasteiger partial charge on any atom is 0.0224 e. The highest BCUT2D eigenvalue weighted by Gasteiger charge is 2.32. The lowest BCUT2D eigenvalue weighted by Gasteiger charge is -2.45. The summed E-state index contributed by atoms with van der Waals surface area (Å²) in [6, 6.07) is 1.56. The van der Waals surface area contributed by atoms with Gasteiger partial charge in [0.1, 0.15) is 0 Å². The Bertz CT molecular complexity index is 269. The van der Waals surface area contributed by atoms with Crippen LogP contribution in [0, 0.1) is 11.8 Å². The monoisotopic (exact) mass is 294 g/mol. The molecule has 2 aliphatic rings. The smallest absolute Gasteiger partial charge is 0.0224 e. The molecular formula is C19H38N2. The van der Waals surface area contributed by atoms with Gasteiger partial charge in [-0.25, -0.2) is 0 Å². The van der Waals surface area contributed by atoms with Gasteiger partial charge < -0.3 is 5.32 Å². The van der Waals surface area contributed by atoms with Gasteiger partial charge in [-0.1, -0.05) is 59.3 Å². The van der Waals surface area contributed by atoms with Crippen LogP contribution in [0.4, 0.5) is 0 Å². The minimum absolute atomic E-state index is 0.771. The van der Waals surface area contributed by atoms with Gasteiger partial charge in [0.15, 0.2) is 0 Å². The van der Waals surface area contributed by atoms with Crippen LogP contribution in [0.3, 0.4) is 0 Å². The van der Waals surface area contributed by atoms with Crippen molar-refractivity contribution in [1.29, 1.82) is 0 Å². The van der Waals surface area contributed by atoms with Crippen LogP contribution in [0.15, 0.2) is 0 Å². The van der Waals surface area contributed by atoms with Crippen molar-refractivity contribution in [2.24, 2.45) is 11.8 Å². The van der Waals surface area contributed by atoms with E-state index >= 15 is 0 Å². The van der Waals surface area contributed by atoms with Gasteiger partial charge in [0.25, 0.3) is 0 Å². The van der Waals surface area contributed by atoms with Crippen LogP contribution in [0.1, 0.15) is 78.6 Å². The van der Waals surface area contributed by atoms with Crippen molar-refractivity contribution in [2.75, 3.05) is 19.6 Å². The second-order valence-corrected chi connectivity index (χ2v) is 7.49. The summed E-state index contributed by atoms with van der Waals surface area (Å²) in [6.45, 7) is 10.9. The summed E-state index contributed by atoms with van der Waals surface area (Å²) >= 11 is 0. The highest BCUT2D eigenvalue weighted by atomic mass is 15.2. The van der Waals surface area contributed by atoms with E-state index in [0.717, 1.165) is 23.9 Å². The molecule has 2 fully saturated rings. The molecule has 21 heavy (non-hydrogen) atoms. The fourth-order valence-electron chi connectivity index (χ4n) is 4.46. The van der Waals surface area contributed by atoms with Crippen molar-refractivity contribution in [1.82, 2.24) is 10.2 Å². The topological polar surface area (TPSA) is 15.3 Å². The Hall–Kier alpha value is -0.0800. The molecule has 2 atom stereocenters. The molecule has 124 valence electrons. The van der Waals surface area contributed by atoms with Gasteiger partial charge in [-0.05, 0) is 31.1 Å². The normalized spacial score (nSPS) is 29.1. The zero-order valence-electron chi connectivity index (χ0n) is 14.7. The molecular weight excluding hydrogens is 256 g/mol. The number of piperazine rings is 1. The second-order valence-electron chi connectivity index (χ2n) is 7.49. The Morgan fingerprint density at radius 1 is 1.05 bits per heavy atom. The summed E-state index contributed by atoms with van der Waals surface area (Å²) in [5, 5.41) is 3.92. The van der Waals surface area contributed by atoms with Crippen LogP contribution < -0.4 is 5.32 Å². The lowest BCUT2D eigenvalue weighted by Crippen LogP contribution is -2.59. The molecule has 2 heteroatoms. The Kier molecular flexibility index (Phi) is 7.53. The summed E-state index contributed by atoms with van der Waals surface area (Å²) < 4.78 is 0. The van der Waals surface area contributed by atoms with Crippen molar-refractivity contribution in [3.8, 4) is 0 Å². The molecule has 2 nitrogen and oxygen atoms in total. The summed E-state index contributed by atoms with van der Waals surface area (Å²) in [5.74, 6) is 1.85. The molecule has 0 aromatic rings. The molecule has 0 spiro atoms. The molecule has 2 unspecified atom stereocenters. The van der Waals surface area contributed by atoms with Gasteiger partial charge >= 0.3 is 0 Å². The van der Waals surface area contributed by atoms with Crippen molar-refractivity contribution < 1.29 is 0 Å². The van der Waals surface area contributed by atoms with Gasteiger partial charge in [0, 0.05) is 31.7 Å². The van der Waals surface area contributed by atoms with Crippen LogP contribution in [0.25, 0.3) is 0 Å². The van der Waals surface area contributed by atoms with Gasteiger partial charge in [0.2, 0.25) is 0 Å². The van der Waals surface area contributed by atoms with Crippen molar-refractivity contribution in [2.45, 2.75) is 90.6 Å². The lowest BCUT2D eigenvalue weighted by atomic mass is 9.82. The van der Waals surface area contributed by atoms with E-state index in [9.17, 15) is 0 Å². The first kappa shape index (κ1) is 17.3. The van der Waals surface area contributed by atoms with Crippen LogP contribution in [0.5, 0.6) is 0 Å². The van der Waals surface area contributed by atoms with E-state index in [2.05, 4.69) is 31.0 Å². The number of nitrogens with one attached hydrogen (secondary N) is 1. The molecule has 1 saturated carbocycles. The Morgan fingerprint density at radius 2 is 1.76 bits per heavy atom. The van der Waals surface area contributed by atoms with E-state index in [1.165, 1.54) is 77.4 Å². The maximum absolute atomic E-state index is 3.92. The fourth-order valence-corrected chi connectivity index (χ4v) is 4.46. The summed E-state index contributed by atoms with van der Waals surface area (Å²) in [6.07, 6.45) is 12.7. The predicted octanol–water partition coefficient (Wildman–Crippen LogP) is 4.45. The quantitative estimate of drug-likeness (QED) is 0.746. The Balaban J connectivity index is 1.93. The van der Waals surface area contributed by atoms with Gasteiger partial charge in [-0.2, -0.15) is 0 Å². The number of rotatable bonds is 7. The third-order valence-corrected chi connectivity index (χ3v) is 6.05. The lowest BCUT2D eigenvalue weighted by molar-refractivity contribution is 0.0749. The summed E-state index contributed by atoms with van der Waals surface area (Å²) in [4.78, 5) is 2.86. The predicted molar refractivity (Wildman–Crippen MR) is 92.7 cm³/mol. The first-order valence-electron chi connectivity index (χ1n) is 9.75. The van der Waals surface area contributed by atoms with Gasteiger partial charge in [-0.3, -0.25) is 4.90 Å². The first-order valence-corrected chi connectivity index (χ1v) is 9.75. The first-order chi connectivity index (χ1) is 10.3. The average molecular weight is 295 g/mol. The van der Waals surface area contributed by atoms with Crippen LogP contribution >= 0.6 is 0 Å². The largest absolute Gasteiger partial charge is 0.311 e. The van der Waals surface area contributed by atoms with Gasteiger partial charge in [0.05, 0.1) is 0 Å². The Morgan fingerprint density at radius 3 is 2.38 bits per heavy atom. The number of hydrogen-bond acceptors (Lipinski definition) is 2. The van der Waals surface area contributed by atoms with E-state index in [1.54, 1.807) is 0 Å². The maximum atomic E-state index is 3.92. The SMILES string of the molecule is CCCC1CNC(C2CCCCC2)CN1CC(CC)CC. The van der Waals surface area contributed by atoms with Crippen LogP contribution in [0.2, 0.25) is 0 Å². The van der Waals surface area contributed by atoms with E-state index in [-0.39, 0.29) is 0 Å². The molecule has 2 rings (SSSR count). The summed E-state index contributed by atoms with van der Waals surface area (Å²) in [5.41, 5.74) is 0. The molecule has 1 saturated heterocycles. The Labute approximate surface area is 133 Å². The van der Waals surface area contributed by atoms with E-state index in [1.807, 2.05) is 0 Å². The zero-order chi connectivity index (χ0) is 15.1. The molecule has 0 amide bonds. The van der Waals surface area contributed by atoms with Crippen LogP contribution in [-0.4, -0.2) is 36.6 Å². The highest BCUT2D eigenvalue weighted by molar-refractivity contribution is 4.91. The van der Waals surface area contributed by atoms with E-state index in [4.69, 9.17) is 0 Å². The molecule has 1 heterocycles. The van der Waals surface area contributed by atoms with Crippen molar-refractivity contribution in [3.63, 3.8) is 0 Å². The minimum atomic E-state index is 0.771. The number of nitrogens with zero attached hydrogens (tertiary/aromatic N) is 1. The number of hydrogen-bond donors (Lipinski definition) is 1. The standard InChI is InChI=1S/C19H38N2/c1-4-10-18-13-20-19(17-11-8-7-9-12-17)15-21(18)14-16(5-2)6-3/h16-20H,4-15H2,1-3H3. The molecule has 0 aromatic carbocycles. The third-order valence-electron chi connectivity index (χ3n) is 6.05. The molecule has 0 radical (unpaired) electrons. The van der Waals surface area contributed by atoms with E-state index in [0.29, 0.717) is 0 Å². The molecule has 1 aliphatic heterocycles. The average Bonchev–Trinajstić information content (AvgIpc) is 2.55. The molecule has 1 aliphatic carbocycles. The van der Waals surface area contributed by atoms with Crippen LogP contribution in [-0.2, 0) is 0 Å². The minimum Gasteiger partial charge on any atom is -0.311 e. The van der Waals surface area contributed by atoms with Crippen molar-refractivity contribution in [3.05, 3.63) is 0 Å². The fraction of sp³-hybridized carbons (Fsp3) is 1.00. The molecule has 0 bridgehead atoms.